The van der Waals surface area contributed by atoms with Crippen molar-refractivity contribution in [3.8, 4) is 23.0 Å². The van der Waals surface area contributed by atoms with Gasteiger partial charge in [0.25, 0.3) is 0 Å². The van der Waals surface area contributed by atoms with Crippen LogP contribution in [0.2, 0.25) is 0 Å². The molecule has 3 aromatic rings. The number of aliphatic hydroxyl groups excluding tert-OH is 1. The molecule has 3 aromatic carbocycles. The van der Waals surface area contributed by atoms with Crippen LogP contribution in [0.15, 0.2) is 66.7 Å². The highest BCUT2D eigenvalue weighted by Crippen LogP contribution is 2.24. The summed E-state index contributed by atoms with van der Waals surface area (Å²) in [5, 5.41) is 9.62. The largest absolute Gasteiger partial charge is 0.493 e. The number of nitrogens with zero attached hydrogens (tertiary/aromatic N) is 2. The number of ether oxygens (including phenoxy) is 4. The lowest BCUT2D eigenvalue weighted by Crippen LogP contribution is -2.09. The van der Waals surface area contributed by atoms with Crippen LogP contribution in [0.25, 0.3) is 0 Å². The monoisotopic (exact) mass is 494 g/mol. The Morgan fingerprint density at radius 3 is 1.36 bits per heavy atom. The Balaban J connectivity index is 1.39. The second kappa shape index (κ2) is 14.1. The molecule has 0 spiro atoms. The fourth-order valence-corrected chi connectivity index (χ4v) is 3.47. The van der Waals surface area contributed by atoms with Gasteiger partial charge in [0.15, 0.2) is 0 Å². The topological polar surface area (TPSA) is 63.6 Å². The lowest BCUT2D eigenvalue weighted by molar-refractivity contribution is 0.238. The summed E-state index contributed by atoms with van der Waals surface area (Å²) in [7, 11) is 8.02. The van der Waals surface area contributed by atoms with E-state index < -0.39 is 0 Å². The first-order valence-electron chi connectivity index (χ1n) is 12.3. The molecule has 0 heterocycles. The van der Waals surface area contributed by atoms with E-state index in [9.17, 15) is 5.11 Å². The third-order valence-electron chi connectivity index (χ3n) is 5.44. The van der Waals surface area contributed by atoms with Crippen LogP contribution in [-0.2, 0) is 6.61 Å². The Hall–Kier alpha value is -3.58. The molecule has 7 nitrogen and oxygen atoms in total. The zero-order chi connectivity index (χ0) is 25.8. The molecule has 0 saturated carbocycles. The van der Waals surface area contributed by atoms with Crippen molar-refractivity contribution < 1.29 is 24.1 Å². The molecule has 0 fully saturated rings. The SMILES string of the molecule is CN(C)c1cccc(OCCCOc2cc(CO)cc(OCCCOc3cccc(N(C)C)c3)c2)c1. The smallest absolute Gasteiger partial charge is 0.123 e. The molecule has 194 valence electrons. The first-order chi connectivity index (χ1) is 17.4. The Morgan fingerprint density at radius 2 is 0.972 bits per heavy atom. The fourth-order valence-electron chi connectivity index (χ4n) is 3.47. The number of rotatable bonds is 15. The molecule has 0 aliphatic rings. The van der Waals surface area contributed by atoms with Crippen molar-refractivity contribution in [3.05, 3.63) is 72.3 Å². The summed E-state index contributed by atoms with van der Waals surface area (Å²) in [5.41, 5.74) is 2.94. The molecule has 0 radical (unpaired) electrons. The Kier molecular flexibility index (Phi) is 10.6. The summed E-state index contributed by atoms with van der Waals surface area (Å²) in [4.78, 5) is 4.09. The van der Waals surface area contributed by atoms with Gasteiger partial charge in [-0.25, -0.2) is 0 Å². The van der Waals surface area contributed by atoms with Gasteiger partial charge < -0.3 is 33.9 Å². The molecule has 1 N–H and O–H groups in total. The summed E-state index contributed by atoms with van der Waals surface area (Å²) < 4.78 is 23.5. The minimum absolute atomic E-state index is 0.0792. The van der Waals surface area contributed by atoms with Crippen LogP contribution in [-0.4, -0.2) is 59.7 Å². The van der Waals surface area contributed by atoms with E-state index in [1.807, 2.05) is 105 Å². The van der Waals surface area contributed by atoms with E-state index in [0.29, 0.717) is 37.9 Å². The first-order valence-corrected chi connectivity index (χ1v) is 12.3. The molecule has 0 saturated heterocycles. The maximum atomic E-state index is 9.62. The van der Waals surface area contributed by atoms with E-state index in [4.69, 9.17) is 18.9 Å². The van der Waals surface area contributed by atoms with Crippen LogP contribution < -0.4 is 28.7 Å². The highest BCUT2D eigenvalue weighted by molar-refractivity contribution is 5.50. The second-order valence-corrected chi connectivity index (χ2v) is 8.86. The zero-order valence-electron chi connectivity index (χ0n) is 21.8. The second-order valence-electron chi connectivity index (χ2n) is 8.86. The fraction of sp³-hybridized carbons (Fsp3) is 0.379. The van der Waals surface area contributed by atoms with E-state index in [1.54, 1.807) is 0 Å². The average Bonchev–Trinajstić information content (AvgIpc) is 2.88. The van der Waals surface area contributed by atoms with Crippen LogP contribution in [0.3, 0.4) is 0 Å². The van der Waals surface area contributed by atoms with Gasteiger partial charge in [-0.2, -0.15) is 0 Å². The van der Waals surface area contributed by atoms with Crippen molar-refractivity contribution in [1.29, 1.82) is 0 Å². The van der Waals surface area contributed by atoms with E-state index in [0.717, 1.165) is 41.3 Å². The highest BCUT2D eigenvalue weighted by atomic mass is 16.5. The standard InChI is InChI=1S/C29H38N2O5/c1-30(2)24-9-5-11-26(19-24)33-13-7-15-35-28-17-23(22-32)18-29(21-28)36-16-8-14-34-27-12-6-10-25(20-27)31(3)4/h5-6,9-12,17-21,32H,7-8,13-16,22H2,1-4H3. The van der Waals surface area contributed by atoms with Crippen LogP contribution in [0.4, 0.5) is 11.4 Å². The van der Waals surface area contributed by atoms with Crippen LogP contribution in [0, 0.1) is 0 Å². The van der Waals surface area contributed by atoms with E-state index in [2.05, 4.69) is 0 Å². The number of hydrogen-bond acceptors (Lipinski definition) is 7. The van der Waals surface area contributed by atoms with Gasteiger partial charge in [-0.1, -0.05) is 12.1 Å². The van der Waals surface area contributed by atoms with Crippen molar-refractivity contribution >= 4 is 11.4 Å². The van der Waals surface area contributed by atoms with Crippen molar-refractivity contribution in [1.82, 2.24) is 0 Å². The maximum Gasteiger partial charge on any atom is 0.123 e. The van der Waals surface area contributed by atoms with Crippen LogP contribution in [0.1, 0.15) is 18.4 Å². The third-order valence-corrected chi connectivity index (χ3v) is 5.44. The summed E-state index contributed by atoms with van der Waals surface area (Å²) in [6.45, 7) is 2.03. The normalized spacial score (nSPS) is 10.6. The van der Waals surface area contributed by atoms with E-state index >= 15 is 0 Å². The van der Waals surface area contributed by atoms with Gasteiger partial charge in [0.2, 0.25) is 0 Å². The van der Waals surface area contributed by atoms with Crippen LogP contribution >= 0.6 is 0 Å². The van der Waals surface area contributed by atoms with Crippen LogP contribution in [0.5, 0.6) is 23.0 Å². The predicted octanol–water partition coefficient (Wildman–Crippen LogP) is 5.01. The first kappa shape index (κ1) is 27.0. The number of aliphatic hydroxyl groups is 1. The minimum Gasteiger partial charge on any atom is -0.493 e. The predicted molar refractivity (Wildman–Crippen MR) is 145 cm³/mol. The van der Waals surface area contributed by atoms with Gasteiger partial charge >= 0.3 is 0 Å². The van der Waals surface area contributed by atoms with Gasteiger partial charge in [-0.3, -0.25) is 0 Å². The summed E-state index contributed by atoms with van der Waals surface area (Å²) in [6, 6.07) is 21.5. The number of anilines is 2. The lowest BCUT2D eigenvalue weighted by atomic mass is 10.2. The Labute approximate surface area is 214 Å². The molecular weight excluding hydrogens is 456 g/mol. The maximum absolute atomic E-state index is 9.62. The lowest BCUT2D eigenvalue weighted by Gasteiger charge is -2.15. The van der Waals surface area contributed by atoms with Gasteiger partial charge in [0.1, 0.15) is 23.0 Å². The molecule has 0 aliphatic heterocycles. The summed E-state index contributed by atoms with van der Waals surface area (Å²) in [6.07, 6.45) is 1.47. The van der Waals surface area contributed by atoms with Crippen molar-refractivity contribution in [2.75, 3.05) is 64.4 Å². The summed E-state index contributed by atoms with van der Waals surface area (Å²) in [5.74, 6) is 3.02. The van der Waals surface area contributed by atoms with E-state index in [1.165, 1.54) is 0 Å². The molecular formula is C29H38N2O5. The molecule has 0 aliphatic carbocycles. The molecule has 0 atom stereocenters. The Morgan fingerprint density at radius 1 is 0.556 bits per heavy atom. The van der Waals surface area contributed by atoms with E-state index in [-0.39, 0.29) is 6.61 Å². The molecule has 3 rings (SSSR count). The molecule has 0 aromatic heterocycles. The summed E-state index contributed by atoms with van der Waals surface area (Å²) >= 11 is 0. The van der Waals surface area contributed by atoms with Crippen molar-refractivity contribution in [2.24, 2.45) is 0 Å². The molecule has 0 unspecified atom stereocenters. The van der Waals surface area contributed by atoms with Gasteiger partial charge in [0.05, 0.1) is 33.0 Å². The molecule has 7 heteroatoms. The van der Waals surface area contributed by atoms with Crippen molar-refractivity contribution in [2.45, 2.75) is 19.4 Å². The zero-order valence-corrected chi connectivity index (χ0v) is 21.8. The minimum atomic E-state index is -0.0792. The van der Waals surface area contributed by atoms with Crippen molar-refractivity contribution in [3.63, 3.8) is 0 Å². The molecule has 0 bridgehead atoms. The highest BCUT2D eigenvalue weighted by Gasteiger charge is 2.05. The Bertz CT molecular complexity index is 991. The molecule has 36 heavy (non-hydrogen) atoms. The van der Waals surface area contributed by atoms with Gasteiger partial charge in [-0.05, 0) is 42.0 Å². The third kappa shape index (κ3) is 8.89. The quantitative estimate of drug-likeness (QED) is 0.298. The van der Waals surface area contributed by atoms with Gasteiger partial charge in [-0.15, -0.1) is 0 Å². The number of hydrogen-bond donors (Lipinski definition) is 1. The molecule has 0 amide bonds. The number of benzene rings is 3. The van der Waals surface area contributed by atoms with Gasteiger partial charge in [0, 0.05) is 70.6 Å². The average molecular weight is 495 g/mol.